The van der Waals surface area contributed by atoms with E-state index in [-0.39, 0.29) is 32.8 Å². The second-order valence-electron chi connectivity index (χ2n) is 22.1. The highest BCUT2D eigenvalue weighted by Gasteiger charge is 2.32. The molecule has 76 heavy (non-hydrogen) atoms. The third kappa shape index (κ3) is 24.3. The Kier molecular flexibility index (Phi) is 27.9. The number of ether oxygens (including phenoxy) is 5. The molecule has 8 heterocycles. The summed E-state index contributed by atoms with van der Waals surface area (Å²) in [5, 5.41) is 6.70. The van der Waals surface area contributed by atoms with Crippen LogP contribution in [0.1, 0.15) is 119 Å². The van der Waals surface area contributed by atoms with Gasteiger partial charge in [0.05, 0.1) is 61.4 Å². The van der Waals surface area contributed by atoms with E-state index >= 15 is 0 Å². The minimum absolute atomic E-state index is 0. The third-order valence-electron chi connectivity index (χ3n) is 13.5. The Labute approximate surface area is 462 Å². The van der Waals surface area contributed by atoms with E-state index in [0.717, 1.165) is 142 Å². The number of hydrogen-bond donors (Lipinski definition) is 2. The average molecular weight is 1040 g/mol. The van der Waals surface area contributed by atoms with Crippen LogP contribution >= 0.6 is 0 Å². The van der Waals surface area contributed by atoms with Crippen molar-refractivity contribution in [1.82, 2.24) is 40.4 Å². The van der Waals surface area contributed by atoms with Gasteiger partial charge >= 0.3 is 12.2 Å². The maximum absolute atomic E-state index is 12.9. The highest BCUT2D eigenvalue weighted by molar-refractivity contribution is 7.89. The van der Waals surface area contributed by atoms with Crippen molar-refractivity contribution >= 4 is 90.3 Å². The predicted molar refractivity (Wildman–Crippen MR) is 303 cm³/mol. The summed E-state index contributed by atoms with van der Waals surface area (Å²) in [6, 6.07) is 0. The van der Waals surface area contributed by atoms with Gasteiger partial charge in [0.2, 0.25) is 11.9 Å². The van der Waals surface area contributed by atoms with E-state index in [1.54, 1.807) is 9.80 Å². The average Bonchev–Trinajstić information content (AvgIpc) is 3.38. The lowest BCUT2D eigenvalue weighted by Crippen LogP contribution is -2.52. The molecule has 6 aliphatic rings. The van der Waals surface area contributed by atoms with Gasteiger partial charge < -0.3 is 53.9 Å². The smallest absolute Gasteiger partial charge is 0.410 e. The number of aromatic nitrogens is 4. The van der Waals surface area contributed by atoms with Crippen LogP contribution in [0.15, 0.2) is 24.8 Å². The van der Waals surface area contributed by atoms with Crippen molar-refractivity contribution < 1.29 is 42.1 Å². The molecule has 2 amide bonds. The second kappa shape index (κ2) is 32.6. The summed E-state index contributed by atoms with van der Waals surface area (Å²) in [5.41, 5.74) is -0.883. The van der Waals surface area contributed by atoms with Gasteiger partial charge in [0, 0.05) is 119 Å². The van der Waals surface area contributed by atoms with E-state index in [1.807, 2.05) is 41.5 Å². The number of likely N-dealkylation sites (tertiary alicyclic amines) is 2. The first-order valence-corrected chi connectivity index (χ1v) is 27.2. The van der Waals surface area contributed by atoms with E-state index in [1.165, 1.54) is 24.8 Å². The fourth-order valence-electron chi connectivity index (χ4n) is 9.26. The van der Waals surface area contributed by atoms with Crippen LogP contribution < -0.4 is 20.4 Å². The van der Waals surface area contributed by atoms with Crippen LogP contribution in [0, 0.1) is 11.6 Å². The molecule has 6 saturated heterocycles. The van der Waals surface area contributed by atoms with Crippen molar-refractivity contribution in [3.05, 3.63) is 36.4 Å². The van der Waals surface area contributed by atoms with Crippen molar-refractivity contribution in [3.63, 3.8) is 0 Å². The highest BCUT2D eigenvalue weighted by Crippen LogP contribution is 2.25. The van der Waals surface area contributed by atoms with Crippen LogP contribution in [0.3, 0.4) is 0 Å². The number of hydrogen-bond acceptors (Lipinski definition) is 15. The summed E-state index contributed by atoms with van der Waals surface area (Å²) in [7, 11) is 25.8. The molecule has 0 saturated carbocycles. The number of amides is 2. The van der Waals surface area contributed by atoms with Crippen LogP contribution in [0.5, 0.6) is 0 Å². The van der Waals surface area contributed by atoms with Gasteiger partial charge in [-0.05, 0) is 145 Å². The standard InChI is InChI=1S/C19H29FN4O3.C15H28N2O3.C14H21FN4O.B8.B/c1-19(2,3)27-18(25)24-10-6-16(7-11-24)26-15-4-8-23(9-5-15)17-21-12-14(20)13-22-17;1-15(2,3)20-14(18)17-10-6-13(7-11-17)19-12-4-8-16-9-5-12;15-11-9-17-14(18-10-11)19-7-3-13(4-8-19)20-12-1-5-16-6-2-12;1-6(2)8(5)7(3)4;/h12-13,15-16H,4-11H2,1-3H3;12-13,16H,4-11H2,1-3H3;9-10,12-13,16H,1-8H2;;. The summed E-state index contributed by atoms with van der Waals surface area (Å²) >= 11 is 0. The lowest BCUT2D eigenvalue weighted by molar-refractivity contribution is -0.0556. The maximum atomic E-state index is 12.9. The second-order valence-corrected chi connectivity index (χ2v) is 22.1. The van der Waals surface area contributed by atoms with E-state index < -0.39 is 42.0 Å². The third-order valence-corrected chi connectivity index (χ3v) is 13.5. The van der Waals surface area contributed by atoms with Gasteiger partial charge in [0.15, 0.2) is 11.6 Å². The minimum atomic E-state index is -0.630. The maximum Gasteiger partial charge on any atom is 0.410 e. The quantitative estimate of drug-likeness (QED) is 0.333. The van der Waals surface area contributed by atoms with Crippen molar-refractivity contribution in [2.24, 2.45) is 0 Å². The molecule has 6 aliphatic heterocycles. The Morgan fingerprint density at radius 1 is 0.487 bits per heavy atom. The molecule has 403 valence electrons. The first kappa shape index (κ1) is 65.1. The number of nitrogens with zero attached hydrogens (tertiary/aromatic N) is 8. The Hall–Kier alpha value is -3.46. The first-order chi connectivity index (χ1) is 35.6. The number of anilines is 2. The molecule has 0 aliphatic carbocycles. The van der Waals surface area contributed by atoms with Gasteiger partial charge in [0.1, 0.15) is 11.2 Å². The van der Waals surface area contributed by atoms with Gasteiger partial charge in [-0.15, -0.1) is 0 Å². The first-order valence-electron chi connectivity index (χ1n) is 27.2. The summed E-state index contributed by atoms with van der Waals surface area (Å²) in [6.07, 6.45) is 16.2. The molecular weight excluding hydrogens is 964 g/mol. The number of nitrogens with one attached hydrogen (secondary N) is 2. The zero-order valence-corrected chi connectivity index (χ0v) is 46.1. The Morgan fingerprint density at radius 3 is 0.974 bits per heavy atom. The molecule has 28 heteroatoms. The number of carbonyl (C=O) groups excluding carboxylic acids is 2. The van der Waals surface area contributed by atoms with E-state index in [4.69, 9.17) is 62.4 Å². The van der Waals surface area contributed by atoms with Crippen molar-refractivity contribution in [3.8, 4) is 0 Å². The van der Waals surface area contributed by atoms with Crippen LogP contribution in [-0.4, -0.2) is 235 Å². The zero-order chi connectivity index (χ0) is 54.5. The van der Waals surface area contributed by atoms with Gasteiger partial charge in [-0.25, -0.2) is 38.3 Å². The normalized spacial score (nSPS) is 19.8. The van der Waals surface area contributed by atoms with Gasteiger partial charge in [0.25, 0.3) is 0 Å². The van der Waals surface area contributed by atoms with E-state index in [0.29, 0.717) is 49.4 Å². The van der Waals surface area contributed by atoms with Crippen LogP contribution in [0.2, 0.25) is 0 Å². The lowest BCUT2D eigenvalue weighted by atomic mass is 8.68. The molecule has 2 aromatic heterocycles. The Morgan fingerprint density at radius 2 is 0.737 bits per heavy atom. The minimum Gasteiger partial charge on any atom is -0.444 e. The van der Waals surface area contributed by atoms with Crippen molar-refractivity contribution in [1.29, 1.82) is 0 Å². The van der Waals surface area contributed by atoms with Crippen LogP contribution in [0.4, 0.5) is 30.3 Å². The van der Waals surface area contributed by atoms with Crippen LogP contribution in [0.25, 0.3) is 0 Å². The molecule has 0 atom stereocenters. The molecule has 6 fully saturated rings. The molecule has 8 rings (SSSR count). The lowest BCUT2D eigenvalue weighted by Gasteiger charge is -2.37. The number of halogens is 2. The topological polar surface area (TPSA) is 169 Å². The molecule has 2 N–H and O–H groups in total. The van der Waals surface area contributed by atoms with E-state index in [2.05, 4.69) is 40.4 Å². The summed E-state index contributed by atoms with van der Waals surface area (Å²) < 4.78 is 55.1. The molecule has 0 spiro atoms. The van der Waals surface area contributed by atoms with Crippen LogP contribution in [-0.2, 0) is 23.7 Å². The zero-order valence-electron chi connectivity index (χ0n) is 46.1. The highest BCUT2D eigenvalue weighted by atomic mass is 19.1. The van der Waals surface area contributed by atoms with Gasteiger partial charge in [-0.3, -0.25) is 0 Å². The SMILES string of the molecule is CC(C)(C)OC(=O)N1CCC(OC2CCN(c3ncc(F)cn3)CC2)CC1.CC(C)(C)OC(=O)N1CCC(OC2CCNCC2)CC1.Fc1cnc(N2CCC(OC3CCNCC3)CC2)nc1.[B].[B]B([B])B([B])B([B])[B]. The molecule has 17 nitrogen and oxygen atoms in total. The Bertz CT molecular complexity index is 1930. The van der Waals surface area contributed by atoms with Crippen molar-refractivity contribution in [2.45, 2.75) is 166 Å². The summed E-state index contributed by atoms with van der Waals surface area (Å²) in [6.45, 7) is 21.7. The largest absolute Gasteiger partial charge is 0.444 e. The molecule has 2 aromatic rings. The van der Waals surface area contributed by atoms with Gasteiger partial charge in [-0.2, -0.15) is 0 Å². The molecule has 0 bridgehead atoms. The summed E-state index contributed by atoms with van der Waals surface area (Å²) in [4.78, 5) is 48.0. The molecule has 0 aromatic carbocycles. The van der Waals surface area contributed by atoms with Crippen molar-refractivity contribution in [2.75, 3.05) is 88.3 Å². The molecule has 13 radical (unpaired) electrons. The van der Waals surface area contributed by atoms with E-state index in [9.17, 15) is 18.4 Å². The summed E-state index contributed by atoms with van der Waals surface area (Å²) in [5.74, 6) is 0.375. The monoisotopic (exact) mass is 1040 g/mol. The van der Waals surface area contributed by atoms with Gasteiger partial charge in [-0.1, -0.05) is 0 Å². The molecular formula is C48H78B9F2N10O7. The Balaban J connectivity index is 0.000000231. The number of rotatable bonds is 10. The fraction of sp³-hybridized carbons (Fsp3) is 0.792. The number of piperidine rings is 6. The predicted octanol–water partition coefficient (Wildman–Crippen LogP) is 3.08. The number of carbonyl (C=O) groups is 2. The molecule has 0 unspecified atom stereocenters. The fourth-order valence-corrected chi connectivity index (χ4v) is 9.26.